The van der Waals surface area contributed by atoms with Gasteiger partial charge in [-0.2, -0.15) is 0 Å². The van der Waals surface area contributed by atoms with Gasteiger partial charge in [-0.3, -0.25) is 9.59 Å². The maximum Gasteiger partial charge on any atom is 0.310 e. The standard InChI is InChI=1S/C19H21NO4/c1-23-17-7-6-15-10-14(4-5-16(15)12-17)11-19(22)24-13-18(21)20-8-2-3-9-20/h4-7,10,12H,2-3,8-9,11,13H2,1H3. The molecule has 0 bridgehead atoms. The molecular weight excluding hydrogens is 306 g/mol. The maximum atomic E-state index is 12.0. The summed E-state index contributed by atoms with van der Waals surface area (Å²) in [5.74, 6) is 0.317. The third-order valence-electron chi connectivity index (χ3n) is 4.28. The molecule has 0 spiro atoms. The van der Waals surface area contributed by atoms with Crippen LogP contribution in [0.25, 0.3) is 10.8 Å². The van der Waals surface area contributed by atoms with Crippen molar-refractivity contribution in [3.63, 3.8) is 0 Å². The van der Waals surface area contributed by atoms with Crippen LogP contribution < -0.4 is 4.74 Å². The second-order valence-corrected chi connectivity index (χ2v) is 5.97. The quantitative estimate of drug-likeness (QED) is 0.792. The topological polar surface area (TPSA) is 55.8 Å². The fourth-order valence-corrected chi connectivity index (χ4v) is 2.93. The van der Waals surface area contributed by atoms with Crippen molar-refractivity contribution in [1.82, 2.24) is 4.90 Å². The number of benzene rings is 2. The summed E-state index contributed by atoms with van der Waals surface area (Å²) in [6, 6.07) is 11.6. The van der Waals surface area contributed by atoms with E-state index in [4.69, 9.17) is 9.47 Å². The van der Waals surface area contributed by atoms with Gasteiger partial charge in [-0.1, -0.05) is 24.3 Å². The number of ether oxygens (including phenoxy) is 2. The number of methoxy groups -OCH3 is 1. The molecule has 2 aromatic rings. The molecule has 1 saturated heterocycles. The minimum Gasteiger partial charge on any atom is -0.497 e. The van der Waals surface area contributed by atoms with Crippen LogP contribution >= 0.6 is 0 Å². The molecule has 0 saturated carbocycles. The minimum absolute atomic E-state index is 0.105. The van der Waals surface area contributed by atoms with Gasteiger partial charge in [0.15, 0.2) is 6.61 Å². The molecule has 1 fully saturated rings. The van der Waals surface area contributed by atoms with Gasteiger partial charge in [0, 0.05) is 13.1 Å². The van der Waals surface area contributed by atoms with Gasteiger partial charge < -0.3 is 14.4 Å². The number of esters is 1. The molecule has 5 heteroatoms. The number of hydrogen-bond donors (Lipinski definition) is 0. The monoisotopic (exact) mass is 327 g/mol. The van der Waals surface area contributed by atoms with Gasteiger partial charge >= 0.3 is 5.97 Å². The third-order valence-corrected chi connectivity index (χ3v) is 4.28. The van der Waals surface area contributed by atoms with E-state index < -0.39 is 0 Å². The Bertz CT molecular complexity index is 750. The van der Waals surface area contributed by atoms with Gasteiger partial charge in [0.1, 0.15) is 5.75 Å². The highest BCUT2D eigenvalue weighted by molar-refractivity contribution is 5.86. The number of amides is 1. The molecule has 2 aromatic carbocycles. The first-order valence-electron chi connectivity index (χ1n) is 8.16. The van der Waals surface area contributed by atoms with E-state index in [0.717, 1.165) is 48.0 Å². The maximum absolute atomic E-state index is 12.0. The highest BCUT2D eigenvalue weighted by atomic mass is 16.5. The van der Waals surface area contributed by atoms with Crippen LogP contribution in [0.3, 0.4) is 0 Å². The highest BCUT2D eigenvalue weighted by Gasteiger charge is 2.19. The second-order valence-electron chi connectivity index (χ2n) is 5.97. The average Bonchev–Trinajstić information content (AvgIpc) is 3.14. The van der Waals surface area contributed by atoms with Gasteiger partial charge in [-0.25, -0.2) is 0 Å². The van der Waals surface area contributed by atoms with Crippen molar-refractivity contribution in [3.05, 3.63) is 42.0 Å². The Morgan fingerprint density at radius 1 is 1.04 bits per heavy atom. The summed E-state index contributed by atoms with van der Waals surface area (Å²) in [7, 11) is 1.63. The zero-order valence-corrected chi connectivity index (χ0v) is 13.8. The smallest absolute Gasteiger partial charge is 0.310 e. The molecule has 1 amide bonds. The first kappa shape index (κ1) is 16.3. The number of fused-ring (bicyclic) bond motifs is 1. The zero-order valence-electron chi connectivity index (χ0n) is 13.8. The lowest BCUT2D eigenvalue weighted by atomic mass is 10.0. The fourth-order valence-electron chi connectivity index (χ4n) is 2.93. The predicted molar refractivity (Wildman–Crippen MR) is 91.0 cm³/mol. The molecule has 0 unspecified atom stereocenters. The highest BCUT2D eigenvalue weighted by Crippen LogP contribution is 2.22. The van der Waals surface area contributed by atoms with Gasteiger partial charge in [-0.15, -0.1) is 0 Å². The molecular formula is C19H21NO4. The van der Waals surface area contributed by atoms with Crippen LogP contribution in [0.4, 0.5) is 0 Å². The second kappa shape index (κ2) is 7.34. The molecule has 1 heterocycles. The summed E-state index contributed by atoms with van der Waals surface area (Å²) in [4.78, 5) is 25.6. The van der Waals surface area contributed by atoms with E-state index in [2.05, 4.69) is 0 Å². The van der Waals surface area contributed by atoms with Crippen molar-refractivity contribution in [3.8, 4) is 5.75 Å². The molecule has 0 atom stereocenters. The van der Waals surface area contributed by atoms with Crippen molar-refractivity contribution in [2.75, 3.05) is 26.8 Å². The van der Waals surface area contributed by atoms with Crippen LogP contribution in [0.2, 0.25) is 0 Å². The summed E-state index contributed by atoms with van der Waals surface area (Å²) in [6.45, 7) is 1.37. The molecule has 0 N–H and O–H groups in total. The molecule has 1 aliphatic heterocycles. The van der Waals surface area contributed by atoms with Crippen LogP contribution in [0.1, 0.15) is 18.4 Å². The SMILES string of the molecule is COc1ccc2cc(CC(=O)OCC(=O)N3CCCC3)ccc2c1. The molecule has 3 rings (SSSR count). The summed E-state index contributed by atoms with van der Waals surface area (Å²) in [6.07, 6.45) is 2.22. The van der Waals surface area contributed by atoms with Crippen LogP contribution in [0, 0.1) is 0 Å². The molecule has 1 aliphatic rings. The summed E-state index contributed by atoms with van der Waals surface area (Å²) < 4.78 is 10.3. The lowest BCUT2D eigenvalue weighted by Crippen LogP contribution is -2.32. The van der Waals surface area contributed by atoms with Crippen LogP contribution in [0.15, 0.2) is 36.4 Å². The van der Waals surface area contributed by atoms with Gasteiger partial charge in [0.05, 0.1) is 13.5 Å². The number of carbonyl (C=O) groups excluding carboxylic acids is 2. The number of nitrogens with zero attached hydrogens (tertiary/aromatic N) is 1. The Morgan fingerprint density at radius 2 is 1.75 bits per heavy atom. The van der Waals surface area contributed by atoms with E-state index in [1.54, 1.807) is 12.0 Å². The Labute approximate surface area is 141 Å². The van der Waals surface area contributed by atoms with Crippen molar-refractivity contribution in [1.29, 1.82) is 0 Å². The first-order valence-corrected chi connectivity index (χ1v) is 8.16. The molecule has 24 heavy (non-hydrogen) atoms. The van der Waals surface area contributed by atoms with E-state index in [1.807, 2.05) is 36.4 Å². The normalized spacial score (nSPS) is 14.0. The minimum atomic E-state index is -0.379. The first-order chi connectivity index (χ1) is 11.7. The zero-order chi connectivity index (χ0) is 16.9. The van der Waals surface area contributed by atoms with Crippen molar-refractivity contribution < 1.29 is 19.1 Å². The third kappa shape index (κ3) is 3.85. The van der Waals surface area contributed by atoms with Crippen LogP contribution in [-0.4, -0.2) is 43.6 Å². The Kier molecular flexibility index (Phi) is 4.99. The Balaban J connectivity index is 1.57. The van der Waals surface area contributed by atoms with E-state index in [9.17, 15) is 9.59 Å². The van der Waals surface area contributed by atoms with Crippen LogP contribution in [0.5, 0.6) is 5.75 Å². The summed E-state index contributed by atoms with van der Waals surface area (Å²) in [5.41, 5.74) is 0.867. The molecule has 0 aliphatic carbocycles. The predicted octanol–water partition coefficient (Wildman–Crippen LogP) is 2.56. The Morgan fingerprint density at radius 3 is 2.50 bits per heavy atom. The van der Waals surface area contributed by atoms with Crippen molar-refractivity contribution >= 4 is 22.6 Å². The number of likely N-dealkylation sites (tertiary alicyclic amines) is 1. The van der Waals surface area contributed by atoms with Crippen LogP contribution in [-0.2, 0) is 20.7 Å². The average molecular weight is 327 g/mol. The van der Waals surface area contributed by atoms with Crippen molar-refractivity contribution in [2.45, 2.75) is 19.3 Å². The molecule has 126 valence electrons. The Hall–Kier alpha value is -2.56. The number of rotatable bonds is 5. The van der Waals surface area contributed by atoms with Gasteiger partial charge in [-0.05, 0) is 41.3 Å². The van der Waals surface area contributed by atoms with E-state index in [1.165, 1.54) is 0 Å². The van der Waals surface area contributed by atoms with Crippen molar-refractivity contribution in [2.24, 2.45) is 0 Å². The lowest BCUT2D eigenvalue weighted by molar-refractivity contribution is -0.151. The largest absolute Gasteiger partial charge is 0.497 e. The van der Waals surface area contributed by atoms with Gasteiger partial charge in [0.2, 0.25) is 0 Å². The fraction of sp³-hybridized carbons (Fsp3) is 0.368. The number of carbonyl (C=O) groups is 2. The van der Waals surface area contributed by atoms with E-state index in [0.29, 0.717) is 0 Å². The van der Waals surface area contributed by atoms with Gasteiger partial charge in [0.25, 0.3) is 5.91 Å². The molecule has 5 nitrogen and oxygen atoms in total. The summed E-state index contributed by atoms with van der Waals surface area (Å²) in [5, 5.41) is 2.09. The van der Waals surface area contributed by atoms with E-state index in [-0.39, 0.29) is 24.9 Å². The lowest BCUT2D eigenvalue weighted by Gasteiger charge is -2.14. The van der Waals surface area contributed by atoms with E-state index >= 15 is 0 Å². The molecule has 0 aromatic heterocycles. The summed E-state index contributed by atoms with van der Waals surface area (Å²) >= 11 is 0. The molecule has 0 radical (unpaired) electrons. The number of hydrogen-bond acceptors (Lipinski definition) is 4.